The van der Waals surface area contributed by atoms with Gasteiger partial charge in [-0.2, -0.15) is 0 Å². The van der Waals surface area contributed by atoms with E-state index >= 15 is 0 Å². The summed E-state index contributed by atoms with van der Waals surface area (Å²) in [6.45, 7) is 4.73. The number of nitrogens with zero attached hydrogens (tertiary/aromatic N) is 1. The first-order valence-electron chi connectivity index (χ1n) is 6.90. The standard InChI is InChI=1S/C13H22N2O2/c1-9-8-17-7-5-12(9)15-6-4-11(13(15)16)14-10-2-3-10/h9-12,14H,2-8H2,1H3. The summed E-state index contributed by atoms with van der Waals surface area (Å²) in [4.78, 5) is 14.4. The van der Waals surface area contributed by atoms with Gasteiger partial charge in [-0.25, -0.2) is 0 Å². The van der Waals surface area contributed by atoms with E-state index in [-0.39, 0.29) is 6.04 Å². The van der Waals surface area contributed by atoms with Gasteiger partial charge in [-0.3, -0.25) is 4.79 Å². The van der Waals surface area contributed by atoms with Crippen molar-refractivity contribution in [1.29, 1.82) is 0 Å². The van der Waals surface area contributed by atoms with Crippen molar-refractivity contribution in [2.75, 3.05) is 19.8 Å². The molecular weight excluding hydrogens is 216 g/mol. The van der Waals surface area contributed by atoms with Crippen LogP contribution in [-0.2, 0) is 9.53 Å². The molecule has 4 heteroatoms. The Bertz CT molecular complexity index is 304. The second-order valence-electron chi connectivity index (χ2n) is 5.72. The third-order valence-corrected chi connectivity index (χ3v) is 4.25. The van der Waals surface area contributed by atoms with Crippen molar-refractivity contribution >= 4 is 5.91 Å². The number of carbonyl (C=O) groups is 1. The minimum Gasteiger partial charge on any atom is -0.381 e. The SMILES string of the molecule is CC1COCCC1N1CCC(NC2CC2)C1=O. The van der Waals surface area contributed by atoms with Gasteiger partial charge >= 0.3 is 0 Å². The Morgan fingerprint density at radius 3 is 2.82 bits per heavy atom. The summed E-state index contributed by atoms with van der Waals surface area (Å²) < 4.78 is 5.45. The molecule has 0 radical (unpaired) electrons. The molecule has 4 nitrogen and oxygen atoms in total. The van der Waals surface area contributed by atoms with Crippen molar-refractivity contribution in [2.24, 2.45) is 5.92 Å². The summed E-state index contributed by atoms with van der Waals surface area (Å²) in [5.41, 5.74) is 0. The van der Waals surface area contributed by atoms with Gasteiger partial charge in [-0.15, -0.1) is 0 Å². The maximum absolute atomic E-state index is 12.3. The van der Waals surface area contributed by atoms with E-state index in [4.69, 9.17) is 4.74 Å². The van der Waals surface area contributed by atoms with E-state index in [1.165, 1.54) is 12.8 Å². The van der Waals surface area contributed by atoms with Gasteiger partial charge in [0, 0.05) is 25.2 Å². The molecule has 1 aliphatic carbocycles. The van der Waals surface area contributed by atoms with Gasteiger partial charge in [0.1, 0.15) is 0 Å². The highest BCUT2D eigenvalue weighted by Gasteiger charge is 2.40. The van der Waals surface area contributed by atoms with Gasteiger partial charge in [0.15, 0.2) is 0 Å². The Morgan fingerprint density at radius 2 is 2.12 bits per heavy atom. The Balaban J connectivity index is 1.61. The number of likely N-dealkylation sites (tertiary alicyclic amines) is 1. The van der Waals surface area contributed by atoms with Crippen molar-refractivity contribution in [3.63, 3.8) is 0 Å². The fourth-order valence-electron chi connectivity index (χ4n) is 3.05. The molecular formula is C13H22N2O2. The van der Waals surface area contributed by atoms with Crippen LogP contribution in [0.25, 0.3) is 0 Å². The van der Waals surface area contributed by atoms with Crippen molar-refractivity contribution in [1.82, 2.24) is 10.2 Å². The Labute approximate surface area is 103 Å². The van der Waals surface area contributed by atoms with Crippen molar-refractivity contribution < 1.29 is 9.53 Å². The molecule has 1 amide bonds. The number of hydrogen-bond donors (Lipinski definition) is 1. The molecule has 17 heavy (non-hydrogen) atoms. The monoisotopic (exact) mass is 238 g/mol. The predicted octanol–water partition coefficient (Wildman–Crippen LogP) is 0.764. The lowest BCUT2D eigenvalue weighted by Gasteiger charge is -2.36. The molecule has 96 valence electrons. The van der Waals surface area contributed by atoms with Gasteiger partial charge in [0.25, 0.3) is 0 Å². The molecule has 2 saturated heterocycles. The summed E-state index contributed by atoms with van der Waals surface area (Å²) in [6.07, 6.45) is 4.48. The molecule has 0 bridgehead atoms. The van der Waals surface area contributed by atoms with Crippen LogP contribution >= 0.6 is 0 Å². The van der Waals surface area contributed by atoms with Crippen molar-refractivity contribution in [3.8, 4) is 0 Å². The lowest BCUT2D eigenvalue weighted by atomic mass is 9.96. The number of carbonyl (C=O) groups excluding carboxylic acids is 1. The molecule has 0 aromatic carbocycles. The zero-order chi connectivity index (χ0) is 11.8. The third-order valence-electron chi connectivity index (χ3n) is 4.25. The summed E-state index contributed by atoms with van der Waals surface area (Å²) in [5.74, 6) is 0.808. The van der Waals surface area contributed by atoms with E-state index in [0.717, 1.165) is 32.6 Å². The predicted molar refractivity (Wildman–Crippen MR) is 64.7 cm³/mol. The minimum absolute atomic E-state index is 0.0949. The van der Waals surface area contributed by atoms with Crippen molar-refractivity contribution in [2.45, 2.75) is 50.7 Å². The van der Waals surface area contributed by atoms with E-state index in [1.54, 1.807) is 0 Å². The quantitative estimate of drug-likeness (QED) is 0.789. The number of amides is 1. The van der Waals surface area contributed by atoms with Crippen LogP contribution in [-0.4, -0.2) is 48.7 Å². The van der Waals surface area contributed by atoms with Crippen LogP contribution in [0.3, 0.4) is 0 Å². The molecule has 1 N–H and O–H groups in total. The highest BCUT2D eigenvalue weighted by atomic mass is 16.5. The number of ether oxygens (including phenoxy) is 1. The fraction of sp³-hybridized carbons (Fsp3) is 0.923. The van der Waals surface area contributed by atoms with Crippen LogP contribution in [0.1, 0.15) is 32.6 Å². The van der Waals surface area contributed by atoms with E-state index < -0.39 is 0 Å². The number of rotatable bonds is 3. The topological polar surface area (TPSA) is 41.6 Å². The van der Waals surface area contributed by atoms with Gasteiger partial charge < -0.3 is 15.0 Å². The smallest absolute Gasteiger partial charge is 0.240 e. The molecule has 2 aliphatic heterocycles. The molecule has 3 fully saturated rings. The normalized spacial score (nSPS) is 38.8. The summed E-state index contributed by atoms with van der Waals surface area (Å²) in [7, 11) is 0. The van der Waals surface area contributed by atoms with Crippen molar-refractivity contribution in [3.05, 3.63) is 0 Å². The molecule has 0 aromatic heterocycles. The molecule has 0 spiro atoms. The van der Waals surface area contributed by atoms with Gasteiger partial charge in [0.05, 0.1) is 12.6 Å². The highest BCUT2D eigenvalue weighted by molar-refractivity contribution is 5.84. The van der Waals surface area contributed by atoms with E-state index in [1.807, 2.05) is 0 Å². The highest BCUT2D eigenvalue weighted by Crippen LogP contribution is 2.27. The van der Waals surface area contributed by atoms with Crippen LogP contribution in [0.2, 0.25) is 0 Å². The van der Waals surface area contributed by atoms with E-state index in [9.17, 15) is 4.79 Å². The first kappa shape index (κ1) is 11.5. The number of nitrogens with one attached hydrogen (secondary N) is 1. The molecule has 3 aliphatic rings. The molecule has 2 heterocycles. The second kappa shape index (κ2) is 4.58. The van der Waals surface area contributed by atoms with Crippen LogP contribution < -0.4 is 5.32 Å². The fourth-order valence-corrected chi connectivity index (χ4v) is 3.05. The van der Waals surface area contributed by atoms with Gasteiger partial charge in [-0.1, -0.05) is 6.92 Å². The first-order chi connectivity index (χ1) is 8.25. The first-order valence-corrected chi connectivity index (χ1v) is 6.90. The van der Waals surface area contributed by atoms with E-state index in [0.29, 0.717) is 23.9 Å². The minimum atomic E-state index is 0.0949. The van der Waals surface area contributed by atoms with Crippen LogP contribution in [0, 0.1) is 5.92 Å². The Morgan fingerprint density at radius 1 is 1.29 bits per heavy atom. The second-order valence-corrected chi connectivity index (χ2v) is 5.72. The summed E-state index contributed by atoms with van der Waals surface area (Å²) in [6, 6.07) is 1.12. The number of hydrogen-bond acceptors (Lipinski definition) is 3. The average molecular weight is 238 g/mol. The Kier molecular flexibility index (Phi) is 3.09. The van der Waals surface area contributed by atoms with Gasteiger partial charge in [-0.05, 0) is 31.6 Å². The molecule has 1 saturated carbocycles. The third kappa shape index (κ3) is 2.33. The molecule has 3 rings (SSSR count). The molecule has 3 unspecified atom stereocenters. The van der Waals surface area contributed by atoms with Crippen LogP contribution in [0.5, 0.6) is 0 Å². The zero-order valence-electron chi connectivity index (χ0n) is 10.5. The van der Waals surface area contributed by atoms with Crippen LogP contribution in [0.4, 0.5) is 0 Å². The van der Waals surface area contributed by atoms with Crippen LogP contribution in [0.15, 0.2) is 0 Å². The maximum Gasteiger partial charge on any atom is 0.240 e. The zero-order valence-corrected chi connectivity index (χ0v) is 10.5. The average Bonchev–Trinajstić information content (AvgIpc) is 3.07. The summed E-state index contributed by atoms with van der Waals surface area (Å²) in [5, 5.41) is 3.46. The largest absolute Gasteiger partial charge is 0.381 e. The maximum atomic E-state index is 12.3. The molecule has 0 aromatic rings. The lowest BCUT2D eigenvalue weighted by Crippen LogP contribution is -2.48. The van der Waals surface area contributed by atoms with Gasteiger partial charge in [0.2, 0.25) is 5.91 Å². The molecule has 3 atom stereocenters. The lowest BCUT2D eigenvalue weighted by molar-refractivity contribution is -0.134. The summed E-state index contributed by atoms with van der Waals surface area (Å²) >= 11 is 0. The van der Waals surface area contributed by atoms with E-state index in [2.05, 4.69) is 17.1 Å². The Hall–Kier alpha value is -0.610.